The molecule has 13 aromatic rings. The highest BCUT2D eigenvalue weighted by Gasteiger charge is 2.26. The molecule has 0 saturated carbocycles. The van der Waals surface area contributed by atoms with Crippen molar-refractivity contribution in [3.8, 4) is 50.3 Å². The number of furan rings is 1. The second-order valence-electron chi connectivity index (χ2n) is 20.1. The summed E-state index contributed by atoms with van der Waals surface area (Å²) in [6.07, 6.45) is 3.68. The molecule has 13 rings (SSSR count). The van der Waals surface area contributed by atoms with E-state index >= 15 is 0 Å². The number of para-hydroxylation sites is 2. The largest absolute Gasteiger partial charge is 0.505 e. The van der Waals surface area contributed by atoms with Crippen molar-refractivity contribution >= 4 is 82.7 Å². The Hall–Kier alpha value is -9.12. The highest BCUT2D eigenvalue weighted by Crippen LogP contribution is 2.52. The van der Waals surface area contributed by atoms with Crippen LogP contribution in [-0.4, -0.2) is 5.11 Å². The number of hydrogen-bond acceptors (Lipinski definition) is 4. The first-order valence-electron chi connectivity index (χ1n) is 27.0. The molecule has 0 bridgehead atoms. The molecular weight excluding hydrogens is 925 g/mol. The third kappa shape index (κ3) is 7.83. The van der Waals surface area contributed by atoms with E-state index in [0.29, 0.717) is 5.69 Å². The normalized spacial score (nSPS) is 11.7. The minimum absolute atomic E-state index is 0.208. The van der Waals surface area contributed by atoms with Crippen molar-refractivity contribution in [2.24, 2.45) is 0 Å². The lowest BCUT2D eigenvalue weighted by atomic mass is 9.86. The van der Waals surface area contributed by atoms with E-state index in [1.165, 1.54) is 44.2 Å². The lowest BCUT2D eigenvalue weighted by Crippen LogP contribution is -2.11. The van der Waals surface area contributed by atoms with E-state index in [1.54, 1.807) is 0 Å². The number of anilines is 5. The summed E-state index contributed by atoms with van der Waals surface area (Å²) in [5.41, 5.74) is 19.8. The Morgan fingerprint density at radius 2 is 1.01 bits per heavy atom. The number of hydrogen-bond donors (Lipinski definition) is 2. The van der Waals surface area contributed by atoms with Crippen molar-refractivity contribution < 1.29 is 9.52 Å². The van der Waals surface area contributed by atoms with E-state index in [0.717, 1.165) is 125 Å². The highest BCUT2D eigenvalue weighted by molar-refractivity contribution is 6.29. The number of nitrogens with zero attached hydrogens (tertiary/aromatic N) is 1. The predicted molar refractivity (Wildman–Crippen MR) is 323 cm³/mol. The summed E-state index contributed by atoms with van der Waals surface area (Å²) in [7, 11) is 0. The summed E-state index contributed by atoms with van der Waals surface area (Å²) in [5, 5.41) is 25.7. The molecule has 0 spiro atoms. The van der Waals surface area contributed by atoms with Crippen molar-refractivity contribution in [3.63, 3.8) is 0 Å². The Bertz CT molecular complexity index is 4350. The molecule has 0 radical (unpaired) electrons. The zero-order chi connectivity index (χ0) is 51.4. The molecule has 0 aliphatic carbocycles. The fourth-order valence-electron chi connectivity index (χ4n) is 12.0. The Balaban J connectivity index is 1.02. The first kappa shape index (κ1) is 46.7. The van der Waals surface area contributed by atoms with E-state index in [-0.39, 0.29) is 5.75 Å². The summed E-state index contributed by atoms with van der Waals surface area (Å²) >= 11 is 0. The van der Waals surface area contributed by atoms with Crippen LogP contribution in [0.5, 0.6) is 5.75 Å². The van der Waals surface area contributed by atoms with Crippen LogP contribution in [-0.2, 0) is 25.7 Å². The number of phenolic OH excluding ortho intramolecular Hbond substituents is 1. The minimum atomic E-state index is 0.208. The molecule has 0 aliphatic heterocycles. The van der Waals surface area contributed by atoms with Crippen molar-refractivity contribution in [2.75, 3.05) is 10.2 Å². The summed E-state index contributed by atoms with van der Waals surface area (Å²) in [4.78, 5) is 2.41. The molecule has 12 aromatic carbocycles. The van der Waals surface area contributed by atoms with Crippen molar-refractivity contribution in [1.29, 1.82) is 0 Å². The number of benzene rings is 12. The third-order valence-corrected chi connectivity index (χ3v) is 15.8. The van der Waals surface area contributed by atoms with Crippen LogP contribution in [0.25, 0.3) is 98.8 Å². The van der Waals surface area contributed by atoms with Gasteiger partial charge in [0.25, 0.3) is 0 Å². The Morgan fingerprint density at radius 1 is 0.395 bits per heavy atom. The van der Waals surface area contributed by atoms with Crippen LogP contribution in [0, 0.1) is 0 Å². The topological polar surface area (TPSA) is 48.6 Å². The van der Waals surface area contributed by atoms with Crippen LogP contribution in [0.1, 0.15) is 49.9 Å². The molecule has 0 fully saturated rings. The molecule has 0 aliphatic rings. The Kier molecular flexibility index (Phi) is 11.8. The monoisotopic (exact) mass is 982 g/mol. The predicted octanol–water partition coefficient (Wildman–Crippen LogP) is 20.3. The highest BCUT2D eigenvalue weighted by atomic mass is 16.3. The fraction of sp³-hybridized carbons (Fsp3) is 0.111. The molecule has 368 valence electrons. The number of nitrogens with one attached hydrogen (secondary N) is 1. The maximum Gasteiger partial charge on any atom is 0.159 e. The van der Waals surface area contributed by atoms with Crippen molar-refractivity contribution in [3.05, 3.63) is 241 Å². The van der Waals surface area contributed by atoms with E-state index < -0.39 is 0 Å². The molecule has 2 N–H and O–H groups in total. The van der Waals surface area contributed by atoms with Gasteiger partial charge in [0.1, 0.15) is 11.3 Å². The molecule has 4 heteroatoms. The van der Waals surface area contributed by atoms with Gasteiger partial charge in [0.05, 0.1) is 17.1 Å². The number of aromatic hydroxyl groups is 1. The summed E-state index contributed by atoms with van der Waals surface area (Å²) in [6, 6.07) is 78.8. The maximum absolute atomic E-state index is 12.8. The fourth-order valence-corrected chi connectivity index (χ4v) is 12.0. The standard InChI is InChI=1S/C72H58N2O2/c1-5-45-19-13-26-53(41-45)73-69-59(39-38-57(70(69)75)51-25-15-24-50(43-51)55-28-11-9-21-47(55)7-3)64-44-52-36-40-65(63-37-35-49-23-16-30-58(64)67(49)68(52)63)74(54-27-14-20-46(6-2)42-54)66-34-18-33-62-61-32-17-31-60(71(61)76-72(62)66)56-29-12-10-22-48(56)8-4/h9-44,73,75H,5-8H2,1-4H3. The zero-order valence-electron chi connectivity index (χ0n) is 43.4. The molecule has 1 aromatic heterocycles. The SMILES string of the molecule is CCc1cccc(Nc2c(-c3cc4ccc(N(c5cccc(CC)c5)c5cccc6c5oc5c(-c7ccccc7CC)cccc56)c5ccc6cccc3c6c45)ccc(-c3cccc(-c4ccccc4CC)c3)c2O)c1. The number of rotatable bonds is 13. The average molecular weight is 983 g/mol. The van der Waals surface area contributed by atoms with Gasteiger partial charge in [-0.3, -0.25) is 0 Å². The van der Waals surface area contributed by atoms with E-state index in [2.05, 4.69) is 256 Å². The first-order chi connectivity index (χ1) is 37.4. The molecule has 1 heterocycles. The summed E-state index contributed by atoms with van der Waals surface area (Å²) < 4.78 is 7.22. The molecule has 76 heavy (non-hydrogen) atoms. The van der Waals surface area contributed by atoms with Gasteiger partial charge in [0.2, 0.25) is 0 Å². The molecular formula is C72H58N2O2. The van der Waals surface area contributed by atoms with Gasteiger partial charge in [-0.05, 0) is 157 Å². The zero-order valence-corrected chi connectivity index (χ0v) is 43.4. The van der Waals surface area contributed by atoms with Gasteiger partial charge in [0.15, 0.2) is 5.58 Å². The van der Waals surface area contributed by atoms with Gasteiger partial charge in [-0.2, -0.15) is 0 Å². The van der Waals surface area contributed by atoms with Gasteiger partial charge in [0, 0.05) is 44.2 Å². The summed E-state index contributed by atoms with van der Waals surface area (Å²) in [5.74, 6) is 0.208. The molecule has 0 amide bonds. The van der Waals surface area contributed by atoms with Crippen LogP contribution in [0.3, 0.4) is 0 Å². The van der Waals surface area contributed by atoms with Gasteiger partial charge in [-0.25, -0.2) is 0 Å². The molecule has 4 nitrogen and oxygen atoms in total. The molecule has 0 unspecified atom stereocenters. The Labute approximate surface area is 444 Å². The van der Waals surface area contributed by atoms with Crippen molar-refractivity contribution in [2.45, 2.75) is 53.4 Å². The number of aryl methyl sites for hydroxylation is 4. The first-order valence-corrected chi connectivity index (χ1v) is 27.0. The van der Waals surface area contributed by atoms with Gasteiger partial charge in [-0.15, -0.1) is 0 Å². The molecule has 0 atom stereocenters. The van der Waals surface area contributed by atoms with Crippen LogP contribution >= 0.6 is 0 Å². The summed E-state index contributed by atoms with van der Waals surface area (Å²) in [6.45, 7) is 8.81. The minimum Gasteiger partial charge on any atom is -0.505 e. The lowest BCUT2D eigenvalue weighted by molar-refractivity contribution is 0.480. The van der Waals surface area contributed by atoms with Crippen LogP contribution < -0.4 is 10.2 Å². The quantitative estimate of drug-likeness (QED) is 0.0893. The van der Waals surface area contributed by atoms with Gasteiger partial charge >= 0.3 is 0 Å². The van der Waals surface area contributed by atoms with Gasteiger partial charge < -0.3 is 19.7 Å². The van der Waals surface area contributed by atoms with Crippen molar-refractivity contribution in [1.82, 2.24) is 0 Å². The van der Waals surface area contributed by atoms with E-state index in [9.17, 15) is 5.11 Å². The van der Waals surface area contributed by atoms with Gasteiger partial charge in [-0.1, -0.05) is 191 Å². The lowest BCUT2D eigenvalue weighted by Gasteiger charge is -2.28. The van der Waals surface area contributed by atoms with E-state index in [1.807, 2.05) is 0 Å². The number of fused-ring (bicyclic) bond motifs is 3. The van der Waals surface area contributed by atoms with Crippen LogP contribution in [0.2, 0.25) is 0 Å². The average Bonchev–Trinajstić information content (AvgIpc) is 3.95. The second kappa shape index (κ2) is 19.3. The van der Waals surface area contributed by atoms with E-state index in [4.69, 9.17) is 4.42 Å². The maximum atomic E-state index is 12.8. The number of phenols is 1. The van der Waals surface area contributed by atoms with Crippen LogP contribution in [0.4, 0.5) is 28.4 Å². The molecule has 0 saturated heterocycles. The smallest absolute Gasteiger partial charge is 0.159 e. The second-order valence-corrected chi connectivity index (χ2v) is 20.1. The third-order valence-electron chi connectivity index (χ3n) is 15.8. The van der Waals surface area contributed by atoms with Crippen LogP contribution in [0.15, 0.2) is 223 Å². The Morgan fingerprint density at radius 3 is 1.82 bits per heavy atom.